The molecule has 0 bridgehead atoms. The summed E-state index contributed by atoms with van der Waals surface area (Å²) >= 11 is 0. The van der Waals surface area contributed by atoms with Gasteiger partial charge in [-0.2, -0.15) is 0 Å². The molecule has 40 heavy (non-hydrogen) atoms. The summed E-state index contributed by atoms with van der Waals surface area (Å²) in [7, 11) is 1.66. The number of fused-ring (bicyclic) bond motifs is 2. The number of carboxylic acid groups (broad SMARTS) is 1. The molecular formula is C31H36N4O5. The third-order valence-electron chi connectivity index (χ3n) is 7.46. The minimum absolute atomic E-state index is 0.0128. The maximum absolute atomic E-state index is 14.2. The maximum Gasteiger partial charge on any atom is 0.303 e. The van der Waals surface area contributed by atoms with Gasteiger partial charge in [0, 0.05) is 12.8 Å². The van der Waals surface area contributed by atoms with Gasteiger partial charge in [-0.1, -0.05) is 48.5 Å². The maximum atomic E-state index is 14.2. The van der Waals surface area contributed by atoms with Gasteiger partial charge in [-0.05, 0) is 67.8 Å². The molecule has 3 amide bonds. The third kappa shape index (κ3) is 6.31. The lowest BCUT2D eigenvalue weighted by Crippen LogP contribution is -2.55. The van der Waals surface area contributed by atoms with Gasteiger partial charge in [0.1, 0.15) is 6.04 Å². The van der Waals surface area contributed by atoms with Gasteiger partial charge < -0.3 is 25.5 Å². The average molecular weight is 545 g/mol. The third-order valence-corrected chi connectivity index (χ3v) is 7.46. The first-order chi connectivity index (χ1) is 19.2. The second kappa shape index (κ2) is 12.7. The molecule has 3 aromatic carbocycles. The fourth-order valence-electron chi connectivity index (χ4n) is 5.02. The standard InChI is InChI=1S/C31H36N4O5/c1-20-16-17-22-10-4-5-11-23(22)24(20)18-35-27-13-7-6-12-26(27)34(28(36)14-8-9-15-29(37)38)19-25(31(35)40)33-30(39)21(2)32-3/h4-7,10-13,16-17,21,25,32H,8-9,14-15,18-19H2,1-3H3,(H,33,39)(H,37,38)/t21-,25-/m0/s1. The number of carboxylic acids is 1. The molecule has 1 aliphatic rings. The molecule has 0 spiro atoms. The van der Waals surface area contributed by atoms with E-state index in [4.69, 9.17) is 5.11 Å². The van der Waals surface area contributed by atoms with Crippen LogP contribution >= 0.6 is 0 Å². The first kappa shape index (κ1) is 28.8. The Kier molecular flexibility index (Phi) is 9.16. The van der Waals surface area contributed by atoms with Crippen molar-refractivity contribution >= 4 is 45.8 Å². The number of unbranched alkanes of at least 4 members (excludes halogenated alkanes) is 1. The van der Waals surface area contributed by atoms with E-state index in [1.165, 1.54) is 0 Å². The number of aliphatic carboxylic acids is 1. The minimum atomic E-state index is -0.978. The highest BCUT2D eigenvalue weighted by atomic mass is 16.4. The Balaban J connectivity index is 1.75. The van der Waals surface area contributed by atoms with Gasteiger partial charge in [-0.15, -0.1) is 0 Å². The van der Waals surface area contributed by atoms with Crippen LogP contribution in [0.1, 0.15) is 43.7 Å². The molecule has 9 heteroatoms. The predicted octanol–water partition coefficient (Wildman–Crippen LogP) is 3.77. The lowest BCUT2D eigenvalue weighted by molar-refractivity contribution is -0.137. The van der Waals surface area contributed by atoms with E-state index in [0.717, 1.165) is 21.9 Å². The predicted molar refractivity (Wildman–Crippen MR) is 155 cm³/mol. The van der Waals surface area contributed by atoms with Gasteiger partial charge in [0.25, 0.3) is 5.91 Å². The number of amides is 3. The van der Waals surface area contributed by atoms with Crippen LogP contribution in [0.2, 0.25) is 0 Å². The van der Waals surface area contributed by atoms with Crippen LogP contribution in [-0.4, -0.2) is 54.5 Å². The largest absolute Gasteiger partial charge is 0.481 e. The quantitative estimate of drug-likeness (QED) is 0.335. The van der Waals surface area contributed by atoms with Crippen molar-refractivity contribution in [2.75, 3.05) is 23.4 Å². The Hall–Kier alpha value is -4.24. The second-order valence-corrected chi connectivity index (χ2v) is 10.2. The van der Waals surface area contributed by atoms with Crippen LogP contribution < -0.4 is 20.4 Å². The Bertz CT molecular complexity index is 1420. The van der Waals surface area contributed by atoms with Crippen molar-refractivity contribution in [3.63, 3.8) is 0 Å². The van der Waals surface area contributed by atoms with Crippen molar-refractivity contribution in [2.45, 2.75) is 58.2 Å². The van der Waals surface area contributed by atoms with Crippen molar-refractivity contribution in [2.24, 2.45) is 0 Å². The molecule has 3 N–H and O–H groups in total. The van der Waals surface area contributed by atoms with Gasteiger partial charge in [0.2, 0.25) is 11.8 Å². The summed E-state index contributed by atoms with van der Waals surface area (Å²) in [5, 5.41) is 16.8. The van der Waals surface area contributed by atoms with E-state index in [0.29, 0.717) is 24.2 Å². The Morgan fingerprint density at radius 2 is 1.65 bits per heavy atom. The lowest BCUT2D eigenvalue weighted by atomic mass is 9.99. The number of likely N-dealkylation sites (N-methyl/N-ethyl adjacent to an activating group) is 1. The molecule has 210 valence electrons. The summed E-state index contributed by atoms with van der Waals surface area (Å²) in [4.78, 5) is 54.8. The van der Waals surface area contributed by atoms with E-state index in [1.807, 2.05) is 55.5 Å². The van der Waals surface area contributed by atoms with Gasteiger partial charge >= 0.3 is 5.97 Å². The molecule has 0 fully saturated rings. The van der Waals surface area contributed by atoms with Crippen molar-refractivity contribution in [3.8, 4) is 0 Å². The Morgan fingerprint density at radius 3 is 2.38 bits per heavy atom. The number of hydrogen-bond acceptors (Lipinski definition) is 5. The molecule has 0 unspecified atom stereocenters. The molecule has 1 heterocycles. The molecule has 0 aromatic heterocycles. The van der Waals surface area contributed by atoms with E-state index in [9.17, 15) is 19.2 Å². The smallest absolute Gasteiger partial charge is 0.303 e. The molecule has 1 aliphatic heterocycles. The number of aryl methyl sites for hydroxylation is 1. The number of para-hydroxylation sites is 2. The van der Waals surface area contributed by atoms with Gasteiger partial charge in [0.05, 0.1) is 30.5 Å². The number of benzene rings is 3. The molecule has 9 nitrogen and oxygen atoms in total. The fraction of sp³-hybridized carbons (Fsp3) is 0.355. The van der Waals surface area contributed by atoms with E-state index < -0.39 is 18.1 Å². The molecule has 3 aromatic rings. The zero-order valence-corrected chi connectivity index (χ0v) is 23.1. The van der Waals surface area contributed by atoms with Crippen molar-refractivity contribution < 1.29 is 24.3 Å². The van der Waals surface area contributed by atoms with Gasteiger partial charge in [-0.25, -0.2) is 0 Å². The van der Waals surface area contributed by atoms with Crippen LogP contribution in [0.4, 0.5) is 11.4 Å². The molecule has 0 saturated carbocycles. The van der Waals surface area contributed by atoms with E-state index in [1.54, 1.807) is 29.8 Å². The average Bonchev–Trinajstić information content (AvgIpc) is 3.06. The number of nitrogens with zero attached hydrogens (tertiary/aromatic N) is 2. The van der Waals surface area contributed by atoms with E-state index in [2.05, 4.69) is 16.7 Å². The zero-order valence-electron chi connectivity index (χ0n) is 23.1. The normalized spacial score (nSPS) is 15.9. The van der Waals surface area contributed by atoms with Crippen LogP contribution in [-0.2, 0) is 25.7 Å². The molecule has 0 radical (unpaired) electrons. The molecule has 2 atom stereocenters. The second-order valence-electron chi connectivity index (χ2n) is 10.2. The molecular weight excluding hydrogens is 508 g/mol. The van der Waals surface area contributed by atoms with Crippen molar-refractivity contribution in [1.29, 1.82) is 0 Å². The number of rotatable bonds is 10. The highest BCUT2D eigenvalue weighted by Crippen LogP contribution is 2.36. The summed E-state index contributed by atoms with van der Waals surface area (Å²) in [6, 6.07) is 17.9. The van der Waals surface area contributed by atoms with Crippen molar-refractivity contribution in [1.82, 2.24) is 10.6 Å². The van der Waals surface area contributed by atoms with Crippen LogP contribution in [0.3, 0.4) is 0 Å². The SMILES string of the molecule is CN[C@@H](C)C(=O)N[C@H]1CN(C(=O)CCCCC(=O)O)c2ccccc2N(Cc2c(C)ccc3ccccc23)C1=O. The van der Waals surface area contributed by atoms with Crippen LogP contribution in [0.5, 0.6) is 0 Å². The Morgan fingerprint density at radius 1 is 0.975 bits per heavy atom. The summed E-state index contributed by atoms with van der Waals surface area (Å²) in [6.45, 7) is 3.95. The lowest BCUT2D eigenvalue weighted by Gasteiger charge is -2.27. The summed E-state index contributed by atoms with van der Waals surface area (Å²) in [5.74, 6) is -1.78. The summed E-state index contributed by atoms with van der Waals surface area (Å²) < 4.78 is 0. The molecule has 0 saturated heterocycles. The number of carbonyl (C=O) groups excluding carboxylic acids is 3. The number of hydrogen-bond donors (Lipinski definition) is 3. The van der Waals surface area contributed by atoms with Crippen LogP contribution in [0.15, 0.2) is 60.7 Å². The Labute approximate surface area is 234 Å². The first-order valence-corrected chi connectivity index (χ1v) is 13.6. The summed E-state index contributed by atoms with van der Waals surface area (Å²) in [5.41, 5.74) is 3.18. The first-order valence-electron chi connectivity index (χ1n) is 13.6. The topological polar surface area (TPSA) is 119 Å². The highest BCUT2D eigenvalue weighted by molar-refractivity contribution is 6.08. The van der Waals surface area contributed by atoms with Crippen LogP contribution in [0.25, 0.3) is 10.8 Å². The van der Waals surface area contributed by atoms with Crippen molar-refractivity contribution in [3.05, 3.63) is 71.8 Å². The number of carbonyl (C=O) groups is 4. The zero-order chi connectivity index (χ0) is 28.8. The summed E-state index contributed by atoms with van der Waals surface area (Å²) in [6.07, 6.45) is 0.902. The highest BCUT2D eigenvalue weighted by Gasteiger charge is 2.37. The molecule has 4 rings (SSSR count). The number of anilines is 2. The fourth-order valence-corrected chi connectivity index (χ4v) is 5.02. The van der Waals surface area contributed by atoms with Gasteiger partial charge in [0.15, 0.2) is 0 Å². The van der Waals surface area contributed by atoms with E-state index >= 15 is 0 Å². The molecule has 0 aliphatic carbocycles. The monoisotopic (exact) mass is 544 g/mol. The van der Waals surface area contributed by atoms with Gasteiger partial charge in [-0.3, -0.25) is 19.2 Å². The van der Waals surface area contributed by atoms with E-state index in [-0.39, 0.29) is 43.7 Å². The van der Waals surface area contributed by atoms with Crippen LogP contribution in [0, 0.1) is 6.92 Å². The number of nitrogens with one attached hydrogen (secondary N) is 2. The minimum Gasteiger partial charge on any atom is -0.481 e.